The molecule has 1 amide bonds. The highest BCUT2D eigenvalue weighted by Gasteiger charge is 2.20. The Kier molecular flexibility index (Phi) is 7.18. The van der Waals surface area contributed by atoms with Crippen LogP contribution in [0.5, 0.6) is 5.75 Å². The van der Waals surface area contributed by atoms with Gasteiger partial charge in [-0.05, 0) is 41.1 Å². The smallest absolute Gasteiger partial charge is 0.340 e. The van der Waals surface area contributed by atoms with Gasteiger partial charge in [-0.15, -0.1) is 0 Å². The number of carbonyl (C=O) groups excluding carboxylic acids is 2. The molecular weight excluding hydrogens is 342 g/mol. The predicted molar refractivity (Wildman–Crippen MR) is 80.5 cm³/mol. The van der Waals surface area contributed by atoms with Crippen molar-refractivity contribution in [3.63, 3.8) is 0 Å². The maximum absolute atomic E-state index is 12.1. The number of halogens is 1. The summed E-state index contributed by atoms with van der Waals surface area (Å²) in [5, 5.41) is 2.60. The fraction of sp³-hybridized carbons (Fsp3) is 0.429. The topological polar surface area (TPSA) is 73.9 Å². The molecule has 0 bridgehead atoms. The number of carbonyl (C=O) groups is 2. The number of methoxy groups -OCH3 is 2. The van der Waals surface area contributed by atoms with Crippen LogP contribution in [0.15, 0.2) is 22.7 Å². The third kappa shape index (κ3) is 5.35. The fourth-order valence-electron chi connectivity index (χ4n) is 1.49. The summed E-state index contributed by atoms with van der Waals surface area (Å²) < 4.78 is 15.6. The molecule has 116 valence electrons. The van der Waals surface area contributed by atoms with Crippen LogP contribution >= 0.6 is 15.9 Å². The average molecular weight is 360 g/mol. The number of nitrogens with one attached hydrogen (secondary N) is 1. The second-order valence-corrected chi connectivity index (χ2v) is 5.03. The summed E-state index contributed by atoms with van der Waals surface area (Å²) in [6.45, 7) is 2.27. The number of benzene rings is 1. The van der Waals surface area contributed by atoms with Crippen LogP contribution in [0.25, 0.3) is 0 Å². The van der Waals surface area contributed by atoms with E-state index in [-0.39, 0.29) is 5.91 Å². The highest BCUT2D eigenvalue weighted by molar-refractivity contribution is 9.10. The first-order valence-corrected chi connectivity index (χ1v) is 7.10. The summed E-state index contributed by atoms with van der Waals surface area (Å²) in [5.41, 5.74) is 0.297. The maximum atomic E-state index is 12.1. The first-order valence-electron chi connectivity index (χ1n) is 6.30. The quantitative estimate of drug-likeness (QED) is 0.593. The molecule has 0 aromatic heterocycles. The fourth-order valence-corrected chi connectivity index (χ4v) is 1.89. The van der Waals surface area contributed by atoms with Gasteiger partial charge in [-0.3, -0.25) is 4.79 Å². The molecule has 0 saturated heterocycles. The lowest BCUT2D eigenvalue weighted by Gasteiger charge is -2.14. The van der Waals surface area contributed by atoms with Crippen molar-refractivity contribution >= 4 is 27.8 Å². The summed E-state index contributed by atoms with van der Waals surface area (Å²) >= 11 is 3.27. The van der Waals surface area contributed by atoms with Gasteiger partial charge in [0.1, 0.15) is 5.75 Å². The van der Waals surface area contributed by atoms with Gasteiger partial charge in [0.25, 0.3) is 5.91 Å². The van der Waals surface area contributed by atoms with Crippen LogP contribution in [0.2, 0.25) is 0 Å². The van der Waals surface area contributed by atoms with E-state index in [0.717, 1.165) is 0 Å². The zero-order chi connectivity index (χ0) is 15.8. The van der Waals surface area contributed by atoms with Crippen molar-refractivity contribution in [2.24, 2.45) is 0 Å². The summed E-state index contributed by atoms with van der Waals surface area (Å²) in [6.07, 6.45) is -0.896. The third-order valence-electron chi connectivity index (χ3n) is 2.65. The van der Waals surface area contributed by atoms with E-state index in [4.69, 9.17) is 14.2 Å². The Bertz CT molecular complexity index is 506. The average Bonchev–Trinajstić information content (AvgIpc) is 2.47. The molecule has 0 spiro atoms. The minimum Gasteiger partial charge on any atom is -0.497 e. The number of amides is 1. The van der Waals surface area contributed by atoms with Gasteiger partial charge in [0, 0.05) is 18.1 Å². The standard InChI is InChI=1S/C14H18BrNO5/c1-9(13(17)16-6-7-19-2)21-14(18)11-8-10(20-3)4-5-12(11)15/h4-5,8-9H,6-7H2,1-3H3,(H,16,17)/t9-/m1/s1. The zero-order valence-electron chi connectivity index (χ0n) is 12.1. The molecule has 0 radical (unpaired) electrons. The molecule has 0 unspecified atom stereocenters. The van der Waals surface area contributed by atoms with Crippen LogP contribution in [0.3, 0.4) is 0 Å². The molecule has 0 fully saturated rings. The molecule has 0 aliphatic carbocycles. The lowest BCUT2D eigenvalue weighted by molar-refractivity contribution is -0.129. The van der Waals surface area contributed by atoms with Gasteiger partial charge in [0.15, 0.2) is 6.10 Å². The van der Waals surface area contributed by atoms with Crippen molar-refractivity contribution in [2.45, 2.75) is 13.0 Å². The molecule has 0 aliphatic rings. The van der Waals surface area contributed by atoms with E-state index in [0.29, 0.717) is 28.9 Å². The molecule has 7 heteroatoms. The molecule has 1 atom stereocenters. The molecule has 1 aromatic rings. The van der Waals surface area contributed by atoms with Gasteiger partial charge in [-0.25, -0.2) is 4.79 Å². The summed E-state index contributed by atoms with van der Waals surface area (Å²) in [5.74, 6) is -0.447. The molecule has 1 rings (SSSR count). The number of hydrogen-bond donors (Lipinski definition) is 1. The van der Waals surface area contributed by atoms with E-state index >= 15 is 0 Å². The van der Waals surface area contributed by atoms with Gasteiger partial charge in [-0.1, -0.05) is 0 Å². The van der Waals surface area contributed by atoms with E-state index in [1.807, 2.05) is 0 Å². The second kappa shape index (κ2) is 8.63. The van der Waals surface area contributed by atoms with Gasteiger partial charge >= 0.3 is 5.97 Å². The maximum Gasteiger partial charge on any atom is 0.340 e. The predicted octanol–water partition coefficient (Wildman–Crippen LogP) is 1.77. The Morgan fingerprint density at radius 2 is 2.05 bits per heavy atom. The van der Waals surface area contributed by atoms with Crippen LogP contribution in [-0.4, -0.2) is 45.4 Å². The lowest BCUT2D eigenvalue weighted by atomic mass is 10.2. The zero-order valence-corrected chi connectivity index (χ0v) is 13.7. The van der Waals surface area contributed by atoms with Crippen LogP contribution in [0.4, 0.5) is 0 Å². The van der Waals surface area contributed by atoms with Crippen molar-refractivity contribution in [2.75, 3.05) is 27.4 Å². The van der Waals surface area contributed by atoms with E-state index in [1.54, 1.807) is 18.2 Å². The molecule has 21 heavy (non-hydrogen) atoms. The van der Waals surface area contributed by atoms with E-state index in [1.165, 1.54) is 21.1 Å². The summed E-state index contributed by atoms with van der Waals surface area (Å²) in [6, 6.07) is 4.93. The normalized spacial score (nSPS) is 11.6. The number of esters is 1. The first-order chi connectivity index (χ1) is 9.99. The molecule has 1 aromatic carbocycles. The highest BCUT2D eigenvalue weighted by Crippen LogP contribution is 2.23. The summed E-state index contributed by atoms with van der Waals surface area (Å²) in [7, 11) is 3.04. The Balaban J connectivity index is 2.65. The molecule has 0 heterocycles. The van der Waals surface area contributed by atoms with Gasteiger partial charge in [-0.2, -0.15) is 0 Å². The van der Waals surface area contributed by atoms with E-state index in [2.05, 4.69) is 21.2 Å². The van der Waals surface area contributed by atoms with Crippen molar-refractivity contribution in [1.29, 1.82) is 0 Å². The van der Waals surface area contributed by atoms with E-state index < -0.39 is 12.1 Å². The Hall–Kier alpha value is -1.60. The minimum absolute atomic E-state index is 0.297. The van der Waals surface area contributed by atoms with Crippen molar-refractivity contribution in [3.8, 4) is 5.75 Å². The Morgan fingerprint density at radius 3 is 2.67 bits per heavy atom. The Labute approximate surface area is 131 Å². The summed E-state index contributed by atoms with van der Waals surface area (Å²) in [4.78, 5) is 23.8. The minimum atomic E-state index is -0.896. The van der Waals surface area contributed by atoms with Crippen molar-refractivity contribution in [1.82, 2.24) is 5.32 Å². The Morgan fingerprint density at radius 1 is 1.33 bits per heavy atom. The van der Waals surface area contributed by atoms with E-state index in [9.17, 15) is 9.59 Å². The van der Waals surface area contributed by atoms with Crippen LogP contribution < -0.4 is 10.1 Å². The van der Waals surface area contributed by atoms with Crippen molar-refractivity contribution in [3.05, 3.63) is 28.2 Å². The molecular formula is C14H18BrNO5. The van der Waals surface area contributed by atoms with Gasteiger partial charge < -0.3 is 19.5 Å². The first kappa shape index (κ1) is 17.5. The monoisotopic (exact) mass is 359 g/mol. The van der Waals surface area contributed by atoms with Gasteiger partial charge in [0.05, 0.1) is 19.3 Å². The molecule has 0 saturated carbocycles. The van der Waals surface area contributed by atoms with Crippen molar-refractivity contribution < 1.29 is 23.8 Å². The number of ether oxygens (including phenoxy) is 3. The number of rotatable bonds is 7. The molecule has 6 nitrogen and oxygen atoms in total. The molecule has 0 aliphatic heterocycles. The number of hydrogen-bond acceptors (Lipinski definition) is 5. The molecule has 1 N–H and O–H groups in total. The largest absolute Gasteiger partial charge is 0.497 e. The van der Waals surface area contributed by atoms with Gasteiger partial charge in [0.2, 0.25) is 0 Å². The lowest BCUT2D eigenvalue weighted by Crippen LogP contribution is -2.37. The van der Waals surface area contributed by atoms with Crippen LogP contribution in [-0.2, 0) is 14.3 Å². The third-order valence-corrected chi connectivity index (χ3v) is 3.34. The highest BCUT2D eigenvalue weighted by atomic mass is 79.9. The second-order valence-electron chi connectivity index (χ2n) is 4.18. The SMILES string of the molecule is COCCNC(=O)[C@@H](C)OC(=O)c1cc(OC)ccc1Br. The van der Waals surface area contributed by atoms with Crippen LogP contribution in [0.1, 0.15) is 17.3 Å². The van der Waals surface area contributed by atoms with Crippen LogP contribution in [0, 0.1) is 0 Å².